The van der Waals surface area contributed by atoms with Crippen LogP contribution in [0.5, 0.6) is 0 Å². The summed E-state index contributed by atoms with van der Waals surface area (Å²) < 4.78 is 5.29. The van der Waals surface area contributed by atoms with Crippen LogP contribution in [0.4, 0.5) is 5.69 Å². The van der Waals surface area contributed by atoms with Crippen molar-refractivity contribution >= 4 is 17.4 Å². The fourth-order valence-electron chi connectivity index (χ4n) is 2.29. The summed E-state index contributed by atoms with van der Waals surface area (Å²) in [5.74, 6) is -0.801. The first-order valence-electron chi connectivity index (χ1n) is 7.67. The molecule has 0 fully saturated rings. The first-order chi connectivity index (χ1) is 11.2. The first-order valence-corrected chi connectivity index (χ1v) is 7.67. The molecule has 0 saturated carbocycles. The number of carbonyl (C=O) groups excluding carboxylic acids is 2. The highest BCUT2D eigenvalue weighted by atomic mass is 16.6. The standard InChI is InChI=1S/C19H22N2O3/c1-19(2,3)24-18(23)16(21)13-10-7-11-14(15(13)20)17(22)12-8-5-4-6-9-12/h4-11,16H,20-21H2,1-3H3. The van der Waals surface area contributed by atoms with Gasteiger partial charge in [-0.15, -0.1) is 0 Å². The highest BCUT2D eigenvalue weighted by Gasteiger charge is 2.26. The number of esters is 1. The van der Waals surface area contributed by atoms with E-state index in [-0.39, 0.29) is 11.5 Å². The van der Waals surface area contributed by atoms with E-state index in [1.165, 1.54) is 0 Å². The molecule has 5 nitrogen and oxygen atoms in total. The highest BCUT2D eigenvalue weighted by molar-refractivity contribution is 6.12. The minimum atomic E-state index is -1.05. The van der Waals surface area contributed by atoms with E-state index in [0.717, 1.165) is 0 Å². The molecule has 2 aromatic carbocycles. The molecule has 0 aliphatic rings. The Bertz CT molecular complexity index is 749. The molecule has 0 aliphatic carbocycles. The number of carbonyl (C=O) groups is 2. The van der Waals surface area contributed by atoms with Gasteiger partial charge in [-0.3, -0.25) is 4.79 Å². The number of hydrogen-bond acceptors (Lipinski definition) is 5. The first kappa shape index (κ1) is 17.7. The lowest BCUT2D eigenvalue weighted by Gasteiger charge is -2.23. The Kier molecular flexibility index (Phi) is 5.04. The van der Waals surface area contributed by atoms with Gasteiger partial charge in [0.15, 0.2) is 5.78 Å². The normalized spacial score (nSPS) is 12.5. The molecule has 0 amide bonds. The number of rotatable bonds is 4. The SMILES string of the molecule is CC(C)(C)OC(=O)C(N)c1cccc(C(=O)c2ccccc2)c1N. The second kappa shape index (κ2) is 6.84. The Hall–Kier alpha value is -2.66. The Balaban J connectivity index is 2.34. The lowest BCUT2D eigenvalue weighted by molar-refractivity contribution is -0.156. The number of benzene rings is 2. The largest absolute Gasteiger partial charge is 0.459 e. The smallest absolute Gasteiger partial charge is 0.328 e. The molecule has 0 aliphatic heterocycles. The summed E-state index contributed by atoms with van der Waals surface area (Å²) in [6.07, 6.45) is 0. The van der Waals surface area contributed by atoms with E-state index in [9.17, 15) is 9.59 Å². The maximum Gasteiger partial charge on any atom is 0.328 e. The predicted octanol–water partition coefficient (Wildman–Crippen LogP) is 2.84. The summed E-state index contributed by atoms with van der Waals surface area (Å²) in [5.41, 5.74) is 12.9. The lowest BCUT2D eigenvalue weighted by Crippen LogP contribution is -2.32. The maximum atomic E-state index is 12.6. The van der Waals surface area contributed by atoms with Gasteiger partial charge < -0.3 is 16.2 Å². The second-order valence-corrected chi connectivity index (χ2v) is 6.51. The van der Waals surface area contributed by atoms with Crippen LogP contribution in [0.15, 0.2) is 48.5 Å². The summed E-state index contributed by atoms with van der Waals surface area (Å²) in [4.78, 5) is 24.8. The molecule has 2 rings (SSSR count). The van der Waals surface area contributed by atoms with Gasteiger partial charge in [0.1, 0.15) is 11.6 Å². The van der Waals surface area contributed by atoms with E-state index in [4.69, 9.17) is 16.2 Å². The van der Waals surface area contributed by atoms with Crippen LogP contribution in [0.3, 0.4) is 0 Å². The fourth-order valence-corrected chi connectivity index (χ4v) is 2.29. The average molecular weight is 326 g/mol. The maximum absolute atomic E-state index is 12.6. The Labute approximate surface area is 141 Å². The molecular formula is C19H22N2O3. The Morgan fingerprint density at radius 1 is 1.00 bits per heavy atom. The summed E-state index contributed by atoms with van der Waals surface area (Å²) in [5, 5.41) is 0. The summed E-state index contributed by atoms with van der Waals surface area (Å²) >= 11 is 0. The van der Waals surface area contributed by atoms with E-state index in [0.29, 0.717) is 16.7 Å². The zero-order valence-corrected chi connectivity index (χ0v) is 14.1. The summed E-state index contributed by atoms with van der Waals surface area (Å²) in [7, 11) is 0. The second-order valence-electron chi connectivity index (χ2n) is 6.51. The molecule has 5 heteroatoms. The monoisotopic (exact) mass is 326 g/mol. The third-order valence-electron chi connectivity index (χ3n) is 3.42. The van der Waals surface area contributed by atoms with Crippen molar-refractivity contribution in [3.05, 3.63) is 65.2 Å². The van der Waals surface area contributed by atoms with E-state index in [2.05, 4.69) is 0 Å². The minimum absolute atomic E-state index is 0.199. The van der Waals surface area contributed by atoms with Crippen molar-refractivity contribution in [2.75, 3.05) is 5.73 Å². The Morgan fingerprint density at radius 2 is 1.62 bits per heavy atom. The van der Waals surface area contributed by atoms with Crippen LogP contribution in [-0.4, -0.2) is 17.4 Å². The van der Waals surface area contributed by atoms with Crippen LogP contribution in [0, 0.1) is 0 Å². The number of hydrogen-bond donors (Lipinski definition) is 2. The van der Waals surface area contributed by atoms with Gasteiger partial charge in [-0.05, 0) is 26.8 Å². The zero-order valence-electron chi connectivity index (χ0n) is 14.1. The minimum Gasteiger partial charge on any atom is -0.459 e. The van der Waals surface area contributed by atoms with Crippen LogP contribution in [0.2, 0.25) is 0 Å². The molecule has 126 valence electrons. The van der Waals surface area contributed by atoms with E-state index in [1.807, 2.05) is 6.07 Å². The number of ketones is 1. The van der Waals surface area contributed by atoms with Crippen LogP contribution in [0.25, 0.3) is 0 Å². The number of nitrogen functional groups attached to an aromatic ring is 1. The highest BCUT2D eigenvalue weighted by Crippen LogP contribution is 2.26. The van der Waals surface area contributed by atoms with Crippen molar-refractivity contribution in [2.24, 2.45) is 5.73 Å². The number of nitrogens with two attached hydrogens (primary N) is 2. The molecular weight excluding hydrogens is 304 g/mol. The number of anilines is 1. The van der Waals surface area contributed by atoms with Gasteiger partial charge >= 0.3 is 5.97 Å². The third kappa shape index (κ3) is 4.00. The van der Waals surface area contributed by atoms with Gasteiger partial charge in [0.05, 0.1) is 0 Å². The molecule has 0 heterocycles. The molecule has 0 aromatic heterocycles. The van der Waals surface area contributed by atoms with Gasteiger partial charge in [0, 0.05) is 22.4 Å². The lowest BCUT2D eigenvalue weighted by atomic mass is 9.96. The molecule has 2 aromatic rings. The molecule has 1 atom stereocenters. The summed E-state index contributed by atoms with van der Waals surface area (Å²) in [6, 6.07) is 12.7. The van der Waals surface area contributed by atoms with Crippen LogP contribution >= 0.6 is 0 Å². The molecule has 0 bridgehead atoms. The van der Waals surface area contributed by atoms with Crippen molar-refractivity contribution in [3.8, 4) is 0 Å². The number of para-hydroxylation sites is 1. The van der Waals surface area contributed by atoms with Crippen molar-refractivity contribution in [1.82, 2.24) is 0 Å². The molecule has 0 spiro atoms. The summed E-state index contributed by atoms with van der Waals surface area (Å²) in [6.45, 7) is 5.28. The van der Waals surface area contributed by atoms with Gasteiger partial charge in [0.25, 0.3) is 0 Å². The molecule has 1 unspecified atom stereocenters. The molecule has 24 heavy (non-hydrogen) atoms. The van der Waals surface area contributed by atoms with Crippen LogP contribution in [0.1, 0.15) is 48.3 Å². The fraction of sp³-hybridized carbons (Fsp3) is 0.263. The molecule has 0 radical (unpaired) electrons. The van der Waals surface area contributed by atoms with Gasteiger partial charge in [-0.25, -0.2) is 4.79 Å². The van der Waals surface area contributed by atoms with Crippen molar-refractivity contribution < 1.29 is 14.3 Å². The van der Waals surface area contributed by atoms with E-state index in [1.54, 1.807) is 63.2 Å². The topological polar surface area (TPSA) is 95.4 Å². The predicted molar refractivity (Wildman–Crippen MR) is 93.5 cm³/mol. The van der Waals surface area contributed by atoms with Gasteiger partial charge in [0.2, 0.25) is 0 Å². The number of ether oxygens (including phenoxy) is 1. The van der Waals surface area contributed by atoms with Crippen LogP contribution in [-0.2, 0) is 9.53 Å². The Morgan fingerprint density at radius 3 is 2.21 bits per heavy atom. The van der Waals surface area contributed by atoms with Gasteiger partial charge in [-0.2, -0.15) is 0 Å². The third-order valence-corrected chi connectivity index (χ3v) is 3.42. The quantitative estimate of drug-likeness (QED) is 0.512. The van der Waals surface area contributed by atoms with E-state index >= 15 is 0 Å². The molecule has 4 N–H and O–H groups in total. The zero-order chi connectivity index (χ0) is 17.9. The van der Waals surface area contributed by atoms with Crippen molar-refractivity contribution in [1.29, 1.82) is 0 Å². The van der Waals surface area contributed by atoms with E-state index < -0.39 is 17.6 Å². The van der Waals surface area contributed by atoms with Gasteiger partial charge in [-0.1, -0.05) is 42.5 Å². The van der Waals surface area contributed by atoms with Crippen molar-refractivity contribution in [3.63, 3.8) is 0 Å². The molecule has 0 saturated heterocycles. The average Bonchev–Trinajstić information content (AvgIpc) is 2.53. The van der Waals surface area contributed by atoms with Crippen molar-refractivity contribution in [2.45, 2.75) is 32.4 Å². The van der Waals surface area contributed by atoms with Crippen LogP contribution < -0.4 is 11.5 Å².